The Kier molecular flexibility index (Phi) is 6.97. The van der Waals surface area contributed by atoms with Crippen LogP contribution in [0.2, 0.25) is 5.02 Å². The molecule has 0 heterocycles. The predicted octanol–water partition coefficient (Wildman–Crippen LogP) is 4.11. The molecule has 0 saturated heterocycles. The number of benzene rings is 1. The molecule has 0 bridgehead atoms. The van der Waals surface area contributed by atoms with E-state index in [4.69, 9.17) is 16.3 Å². The van der Waals surface area contributed by atoms with E-state index in [0.29, 0.717) is 18.1 Å². The van der Waals surface area contributed by atoms with Gasteiger partial charge in [-0.2, -0.15) is 0 Å². The van der Waals surface area contributed by atoms with Crippen LogP contribution in [0.15, 0.2) is 22.7 Å². The van der Waals surface area contributed by atoms with Gasteiger partial charge < -0.3 is 15.4 Å². The SMILES string of the molecule is CC(CNC(=O)OC(C)(C)C)NCc1cc(Cl)ccc1Br. The van der Waals surface area contributed by atoms with Gasteiger partial charge in [0.2, 0.25) is 0 Å². The van der Waals surface area contributed by atoms with E-state index in [1.807, 2.05) is 45.9 Å². The Morgan fingerprint density at radius 1 is 1.43 bits per heavy atom. The van der Waals surface area contributed by atoms with E-state index in [1.54, 1.807) is 0 Å². The van der Waals surface area contributed by atoms with Crippen LogP contribution >= 0.6 is 27.5 Å². The summed E-state index contributed by atoms with van der Waals surface area (Å²) in [5, 5.41) is 6.77. The van der Waals surface area contributed by atoms with Crippen molar-refractivity contribution >= 4 is 33.6 Å². The number of ether oxygens (including phenoxy) is 1. The first-order valence-corrected chi connectivity index (χ1v) is 7.98. The molecule has 0 spiro atoms. The molecule has 21 heavy (non-hydrogen) atoms. The van der Waals surface area contributed by atoms with Crippen molar-refractivity contribution in [3.63, 3.8) is 0 Å². The first-order valence-electron chi connectivity index (χ1n) is 6.81. The smallest absolute Gasteiger partial charge is 0.407 e. The second kappa shape index (κ2) is 8.01. The summed E-state index contributed by atoms with van der Waals surface area (Å²) in [5.41, 5.74) is 0.596. The van der Waals surface area contributed by atoms with Crippen LogP contribution in [0.5, 0.6) is 0 Å². The minimum atomic E-state index is -0.480. The summed E-state index contributed by atoms with van der Waals surface area (Å²) in [6.45, 7) is 8.67. The molecule has 1 aromatic rings. The summed E-state index contributed by atoms with van der Waals surface area (Å²) in [6.07, 6.45) is -0.403. The molecule has 1 aromatic carbocycles. The van der Waals surface area contributed by atoms with Crippen LogP contribution in [0.3, 0.4) is 0 Å². The van der Waals surface area contributed by atoms with Gasteiger partial charge in [0.05, 0.1) is 0 Å². The highest BCUT2D eigenvalue weighted by molar-refractivity contribution is 9.10. The number of hydrogen-bond donors (Lipinski definition) is 2. The fraction of sp³-hybridized carbons (Fsp3) is 0.533. The molecule has 6 heteroatoms. The molecule has 0 aliphatic heterocycles. The predicted molar refractivity (Wildman–Crippen MR) is 89.7 cm³/mol. The van der Waals surface area contributed by atoms with Crippen molar-refractivity contribution in [3.8, 4) is 0 Å². The molecule has 0 aromatic heterocycles. The average Bonchev–Trinajstić information content (AvgIpc) is 2.35. The third kappa shape index (κ3) is 7.69. The highest BCUT2D eigenvalue weighted by Gasteiger charge is 2.16. The summed E-state index contributed by atoms with van der Waals surface area (Å²) < 4.78 is 6.19. The number of carbonyl (C=O) groups is 1. The quantitative estimate of drug-likeness (QED) is 0.812. The van der Waals surface area contributed by atoms with Crippen LogP contribution in [-0.2, 0) is 11.3 Å². The number of halogens is 2. The van der Waals surface area contributed by atoms with E-state index in [2.05, 4.69) is 26.6 Å². The fourth-order valence-corrected chi connectivity index (χ4v) is 2.17. The topological polar surface area (TPSA) is 50.4 Å². The Bertz CT molecular complexity index is 489. The molecule has 4 nitrogen and oxygen atoms in total. The zero-order valence-electron chi connectivity index (χ0n) is 12.8. The fourth-order valence-electron chi connectivity index (χ4n) is 1.59. The van der Waals surface area contributed by atoms with Crippen LogP contribution < -0.4 is 10.6 Å². The Morgan fingerprint density at radius 2 is 2.10 bits per heavy atom. The van der Waals surface area contributed by atoms with Gasteiger partial charge in [-0.15, -0.1) is 0 Å². The lowest BCUT2D eigenvalue weighted by Gasteiger charge is -2.21. The van der Waals surface area contributed by atoms with Crippen LogP contribution in [0.1, 0.15) is 33.3 Å². The van der Waals surface area contributed by atoms with Gasteiger partial charge in [0.15, 0.2) is 0 Å². The standard InChI is InChI=1S/C15H22BrClN2O2/c1-10(8-19-14(20)21-15(2,3)4)18-9-11-7-12(17)5-6-13(11)16/h5-7,10,18H,8-9H2,1-4H3,(H,19,20). The minimum Gasteiger partial charge on any atom is -0.444 e. The zero-order chi connectivity index (χ0) is 16.0. The summed E-state index contributed by atoms with van der Waals surface area (Å²) in [6, 6.07) is 5.78. The van der Waals surface area contributed by atoms with Gasteiger partial charge >= 0.3 is 6.09 Å². The summed E-state index contributed by atoms with van der Waals surface area (Å²) >= 11 is 9.46. The van der Waals surface area contributed by atoms with Gasteiger partial charge in [-0.3, -0.25) is 0 Å². The van der Waals surface area contributed by atoms with Crippen LogP contribution in [0.25, 0.3) is 0 Å². The van der Waals surface area contributed by atoms with Gasteiger partial charge in [-0.05, 0) is 51.5 Å². The second-order valence-electron chi connectivity index (χ2n) is 5.90. The molecule has 1 unspecified atom stereocenters. The van der Waals surface area contributed by atoms with Crippen molar-refractivity contribution in [1.29, 1.82) is 0 Å². The Hall–Kier alpha value is -0.780. The van der Waals surface area contributed by atoms with Gasteiger partial charge in [0, 0.05) is 28.6 Å². The number of rotatable bonds is 5. The monoisotopic (exact) mass is 376 g/mol. The minimum absolute atomic E-state index is 0.114. The van der Waals surface area contributed by atoms with Crippen molar-refractivity contribution in [2.45, 2.75) is 45.9 Å². The number of alkyl carbamates (subject to hydrolysis) is 1. The van der Waals surface area contributed by atoms with E-state index >= 15 is 0 Å². The summed E-state index contributed by atoms with van der Waals surface area (Å²) in [5.74, 6) is 0. The molecule has 0 aliphatic rings. The third-order valence-corrected chi connectivity index (χ3v) is 3.61. The zero-order valence-corrected chi connectivity index (χ0v) is 15.1. The second-order valence-corrected chi connectivity index (χ2v) is 7.19. The molecule has 1 rings (SSSR count). The molecule has 0 fully saturated rings. The largest absolute Gasteiger partial charge is 0.444 e. The molecular formula is C15H22BrClN2O2. The lowest BCUT2D eigenvalue weighted by molar-refractivity contribution is 0.0523. The van der Waals surface area contributed by atoms with E-state index in [0.717, 1.165) is 10.0 Å². The van der Waals surface area contributed by atoms with E-state index in [1.165, 1.54) is 0 Å². The van der Waals surface area contributed by atoms with E-state index < -0.39 is 11.7 Å². The molecule has 1 amide bonds. The summed E-state index contributed by atoms with van der Waals surface area (Å²) in [4.78, 5) is 11.6. The van der Waals surface area contributed by atoms with Gasteiger partial charge in [-0.25, -0.2) is 4.79 Å². The number of hydrogen-bond acceptors (Lipinski definition) is 3. The maximum absolute atomic E-state index is 11.6. The van der Waals surface area contributed by atoms with Crippen molar-refractivity contribution in [1.82, 2.24) is 10.6 Å². The maximum atomic E-state index is 11.6. The molecule has 1 atom stereocenters. The van der Waals surface area contributed by atoms with Gasteiger partial charge in [-0.1, -0.05) is 27.5 Å². The van der Waals surface area contributed by atoms with Crippen molar-refractivity contribution in [3.05, 3.63) is 33.3 Å². The highest BCUT2D eigenvalue weighted by atomic mass is 79.9. The number of amides is 1. The lowest BCUT2D eigenvalue weighted by Crippen LogP contribution is -2.41. The third-order valence-electron chi connectivity index (χ3n) is 2.60. The molecular weight excluding hydrogens is 356 g/mol. The normalized spacial score (nSPS) is 12.9. The number of carbonyl (C=O) groups excluding carboxylic acids is 1. The van der Waals surface area contributed by atoms with Crippen molar-refractivity contribution in [2.75, 3.05) is 6.54 Å². The summed E-state index contributed by atoms with van der Waals surface area (Å²) in [7, 11) is 0. The first-order chi connectivity index (χ1) is 9.67. The molecule has 0 aliphatic carbocycles. The van der Waals surface area contributed by atoms with Gasteiger partial charge in [0.1, 0.15) is 5.60 Å². The van der Waals surface area contributed by atoms with Crippen LogP contribution in [0, 0.1) is 0 Å². The number of nitrogens with one attached hydrogen (secondary N) is 2. The van der Waals surface area contributed by atoms with Crippen molar-refractivity contribution in [2.24, 2.45) is 0 Å². The average molecular weight is 378 g/mol. The maximum Gasteiger partial charge on any atom is 0.407 e. The highest BCUT2D eigenvalue weighted by Crippen LogP contribution is 2.21. The Labute approximate surface area is 139 Å². The van der Waals surface area contributed by atoms with Crippen molar-refractivity contribution < 1.29 is 9.53 Å². The molecule has 0 radical (unpaired) electrons. The molecule has 2 N–H and O–H groups in total. The lowest BCUT2D eigenvalue weighted by atomic mass is 10.2. The molecule has 118 valence electrons. The Balaban J connectivity index is 2.36. The Morgan fingerprint density at radius 3 is 2.71 bits per heavy atom. The van der Waals surface area contributed by atoms with E-state index in [9.17, 15) is 4.79 Å². The first kappa shape index (κ1) is 18.3. The van der Waals surface area contributed by atoms with Crippen LogP contribution in [0.4, 0.5) is 4.79 Å². The van der Waals surface area contributed by atoms with Gasteiger partial charge in [0.25, 0.3) is 0 Å². The van der Waals surface area contributed by atoms with E-state index in [-0.39, 0.29) is 6.04 Å². The van der Waals surface area contributed by atoms with Crippen LogP contribution in [-0.4, -0.2) is 24.3 Å². The molecule has 0 saturated carbocycles.